The second-order valence-electron chi connectivity index (χ2n) is 3.69. The van der Waals surface area contributed by atoms with Crippen LogP contribution in [0.3, 0.4) is 0 Å². The van der Waals surface area contributed by atoms with Crippen molar-refractivity contribution in [2.24, 2.45) is 0 Å². The average molecular weight is 245 g/mol. The van der Waals surface area contributed by atoms with Crippen molar-refractivity contribution in [1.29, 1.82) is 0 Å². The van der Waals surface area contributed by atoms with Gasteiger partial charge in [0.1, 0.15) is 5.75 Å². The molecule has 92 valence electrons. The van der Waals surface area contributed by atoms with Crippen LogP contribution in [0, 0.1) is 0 Å². The Morgan fingerprint density at radius 3 is 2.83 bits per heavy atom. The van der Waals surface area contributed by atoms with E-state index in [9.17, 15) is 14.7 Å². The van der Waals surface area contributed by atoms with Crippen molar-refractivity contribution in [3.05, 3.63) is 41.5 Å². The first-order valence-electron chi connectivity index (χ1n) is 5.21. The molecule has 0 saturated carbocycles. The maximum atomic E-state index is 11.8. The van der Waals surface area contributed by atoms with Crippen LogP contribution in [0.15, 0.2) is 30.3 Å². The number of carbonyl (C=O) groups excluding carboxylic acids is 2. The van der Waals surface area contributed by atoms with Gasteiger partial charge in [0.15, 0.2) is 6.29 Å². The molecule has 0 spiro atoms. The number of aromatic hydroxyl groups is 1. The van der Waals surface area contributed by atoms with Crippen LogP contribution >= 0.6 is 0 Å². The van der Waals surface area contributed by atoms with E-state index in [1.54, 1.807) is 18.2 Å². The number of hydrogen-bond donors (Lipinski definition) is 2. The summed E-state index contributed by atoms with van der Waals surface area (Å²) in [5.41, 5.74) is 2.78. The summed E-state index contributed by atoms with van der Waals surface area (Å²) in [7, 11) is 1.33. The minimum absolute atomic E-state index is 0.0195. The smallest absolute Gasteiger partial charge is 0.275 e. The number of benzene rings is 2. The zero-order valence-electron chi connectivity index (χ0n) is 9.64. The van der Waals surface area contributed by atoms with Gasteiger partial charge >= 0.3 is 0 Å². The minimum atomic E-state index is -0.447. The first-order valence-corrected chi connectivity index (χ1v) is 5.21. The van der Waals surface area contributed by atoms with Crippen molar-refractivity contribution in [2.75, 3.05) is 7.11 Å². The molecule has 0 fully saturated rings. The summed E-state index contributed by atoms with van der Waals surface area (Å²) in [5.74, 6) is -0.467. The van der Waals surface area contributed by atoms with E-state index in [0.29, 0.717) is 22.6 Å². The monoisotopic (exact) mass is 245 g/mol. The Morgan fingerprint density at radius 2 is 2.17 bits per heavy atom. The van der Waals surface area contributed by atoms with E-state index in [-0.39, 0.29) is 11.3 Å². The van der Waals surface area contributed by atoms with E-state index in [4.69, 9.17) is 0 Å². The lowest BCUT2D eigenvalue weighted by Gasteiger charge is -2.08. The van der Waals surface area contributed by atoms with E-state index in [1.165, 1.54) is 19.2 Å². The van der Waals surface area contributed by atoms with Crippen molar-refractivity contribution < 1.29 is 19.5 Å². The zero-order valence-corrected chi connectivity index (χ0v) is 9.64. The molecule has 0 saturated heterocycles. The van der Waals surface area contributed by atoms with Crippen LogP contribution in [-0.2, 0) is 4.84 Å². The third-order valence-corrected chi connectivity index (χ3v) is 2.56. The molecule has 2 rings (SSSR count). The highest BCUT2D eigenvalue weighted by molar-refractivity contribution is 6.12. The standard InChI is InChI=1S/C13H11NO4/c1-18-14-13(17)11-4-2-3-8-5-10(16)6-9(7-15)12(8)11/h2-7,16H,1H3,(H,14,17). The fraction of sp³-hybridized carbons (Fsp3) is 0.0769. The summed E-state index contributed by atoms with van der Waals surface area (Å²) in [6.07, 6.45) is 0.603. The van der Waals surface area contributed by atoms with Crippen molar-refractivity contribution in [1.82, 2.24) is 5.48 Å². The summed E-state index contributed by atoms with van der Waals surface area (Å²) in [5, 5.41) is 10.6. The Kier molecular flexibility index (Phi) is 3.25. The molecular formula is C13H11NO4. The second-order valence-corrected chi connectivity index (χ2v) is 3.69. The maximum Gasteiger partial charge on any atom is 0.275 e. The molecule has 2 N–H and O–H groups in total. The molecule has 0 bridgehead atoms. The van der Waals surface area contributed by atoms with Crippen LogP contribution in [0.2, 0.25) is 0 Å². The Balaban J connectivity index is 2.75. The summed E-state index contributed by atoms with van der Waals surface area (Å²) in [4.78, 5) is 27.4. The molecule has 0 atom stereocenters. The number of phenolic OH excluding ortho intramolecular Hbond substituents is 1. The number of hydroxylamine groups is 1. The van der Waals surface area contributed by atoms with Gasteiger partial charge in [-0.25, -0.2) is 5.48 Å². The Labute approximate surface area is 103 Å². The molecule has 0 aromatic heterocycles. The number of phenols is 1. The molecule has 0 aliphatic rings. The highest BCUT2D eigenvalue weighted by Gasteiger charge is 2.13. The number of amides is 1. The Hall–Kier alpha value is -2.40. The zero-order chi connectivity index (χ0) is 13.1. The SMILES string of the molecule is CONC(=O)c1cccc2cc(O)cc(C=O)c12. The topological polar surface area (TPSA) is 75.6 Å². The van der Waals surface area contributed by atoms with Crippen LogP contribution in [0.25, 0.3) is 10.8 Å². The van der Waals surface area contributed by atoms with Crippen molar-refractivity contribution in [2.45, 2.75) is 0 Å². The van der Waals surface area contributed by atoms with Gasteiger partial charge in [-0.15, -0.1) is 0 Å². The van der Waals surface area contributed by atoms with Crippen LogP contribution < -0.4 is 5.48 Å². The molecule has 0 aliphatic carbocycles. The Morgan fingerprint density at radius 1 is 1.39 bits per heavy atom. The molecule has 0 heterocycles. The third-order valence-electron chi connectivity index (χ3n) is 2.56. The van der Waals surface area contributed by atoms with Crippen LogP contribution in [0.4, 0.5) is 0 Å². The van der Waals surface area contributed by atoms with Gasteiger partial charge in [0.25, 0.3) is 5.91 Å². The number of carbonyl (C=O) groups is 2. The molecular weight excluding hydrogens is 234 g/mol. The van der Waals surface area contributed by atoms with Crippen molar-refractivity contribution in [3.63, 3.8) is 0 Å². The van der Waals surface area contributed by atoms with E-state index >= 15 is 0 Å². The molecule has 5 heteroatoms. The molecule has 1 amide bonds. The lowest BCUT2D eigenvalue weighted by molar-refractivity contribution is 0.0539. The van der Waals surface area contributed by atoms with Crippen LogP contribution in [0.5, 0.6) is 5.75 Å². The lowest BCUT2D eigenvalue weighted by atomic mass is 9.99. The molecule has 5 nitrogen and oxygen atoms in total. The predicted molar refractivity (Wildman–Crippen MR) is 65.5 cm³/mol. The van der Waals surface area contributed by atoms with Gasteiger partial charge in [0, 0.05) is 10.9 Å². The highest BCUT2D eigenvalue weighted by atomic mass is 16.6. The first kappa shape index (κ1) is 12.1. The van der Waals surface area contributed by atoms with E-state index in [1.807, 2.05) is 0 Å². The fourth-order valence-electron chi connectivity index (χ4n) is 1.87. The van der Waals surface area contributed by atoms with E-state index < -0.39 is 5.91 Å². The van der Waals surface area contributed by atoms with Crippen LogP contribution in [0.1, 0.15) is 20.7 Å². The number of aldehydes is 1. The van der Waals surface area contributed by atoms with E-state index in [2.05, 4.69) is 10.3 Å². The number of hydrogen-bond acceptors (Lipinski definition) is 4. The normalized spacial score (nSPS) is 10.3. The fourth-order valence-corrected chi connectivity index (χ4v) is 1.87. The molecule has 0 radical (unpaired) electrons. The molecule has 18 heavy (non-hydrogen) atoms. The molecule has 2 aromatic carbocycles. The van der Waals surface area contributed by atoms with Crippen molar-refractivity contribution in [3.8, 4) is 5.75 Å². The van der Waals surface area contributed by atoms with Gasteiger partial charge in [0.2, 0.25) is 0 Å². The summed E-state index contributed by atoms with van der Waals surface area (Å²) in [6.45, 7) is 0. The maximum absolute atomic E-state index is 11.8. The quantitative estimate of drug-likeness (QED) is 0.636. The number of fused-ring (bicyclic) bond motifs is 1. The highest BCUT2D eigenvalue weighted by Crippen LogP contribution is 2.26. The van der Waals surface area contributed by atoms with E-state index in [0.717, 1.165) is 0 Å². The molecule has 0 aliphatic heterocycles. The van der Waals surface area contributed by atoms with Gasteiger partial charge in [-0.05, 0) is 23.6 Å². The minimum Gasteiger partial charge on any atom is -0.508 e. The summed E-state index contributed by atoms with van der Waals surface area (Å²) in [6, 6.07) is 7.78. The Bertz CT molecular complexity index is 622. The number of rotatable bonds is 3. The third kappa shape index (κ3) is 2.03. The molecule has 0 unspecified atom stereocenters. The summed E-state index contributed by atoms with van der Waals surface area (Å²) >= 11 is 0. The van der Waals surface area contributed by atoms with Gasteiger partial charge in [-0.2, -0.15) is 0 Å². The predicted octanol–water partition coefficient (Wildman–Crippen LogP) is 1.65. The second kappa shape index (κ2) is 4.85. The van der Waals surface area contributed by atoms with Gasteiger partial charge in [-0.3, -0.25) is 14.4 Å². The average Bonchev–Trinajstić information content (AvgIpc) is 2.37. The first-order chi connectivity index (χ1) is 8.67. The van der Waals surface area contributed by atoms with Gasteiger partial charge < -0.3 is 5.11 Å². The van der Waals surface area contributed by atoms with Gasteiger partial charge in [0.05, 0.1) is 12.7 Å². The van der Waals surface area contributed by atoms with Crippen molar-refractivity contribution >= 4 is 23.0 Å². The molecule has 2 aromatic rings. The van der Waals surface area contributed by atoms with Gasteiger partial charge in [-0.1, -0.05) is 12.1 Å². The number of nitrogens with one attached hydrogen (secondary N) is 1. The van der Waals surface area contributed by atoms with Crippen LogP contribution in [-0.4, -0.2) is 24.4 Å². The summed E-state index contributed by atoms with van der Waals surface area (Å²) < 4.78 is 0. The largest absolute Gasteiger partial charge is 0.508 e. The lowest BCUT2D eigenvalue weighted by Crippen LogP contribution is -2.22.